The lowest BCUT2D eigenvalue weighted by Gasteiger charge is -2.23. The molecule has 0 saturated heterocycles. The molecule has 0 saturated carbocycles. The maximum absolute atomic E-state index is 13.1. The Morgan fingerprint density at radius 2 is 1.85 bits per heavy atom. The second-order valence-electron chi connectivity index (χ2n) is 4.36. The molecule has 0 bridgehead atoms. The first-order chi connectivity index (χ1) is 9.40. The van der Waals surface area contributed by atoms with Gasteiger partial charge in [-0.3, -0.25) is 9.59 Å². The molecular formula is C14H18BrFN2O2. The van der Waals surface area contributed by atoms with Crippen molar-refractivity contribution >= 4 is 27.7 Å². The fraction of sp³-hybridized carbons (Fsp3) is 0.429. The molecule has 110 valence electrons. The van der Waals surface area contributed by atoms with Crippen molar-refractivity contribution in [1.82, 2.24) is 9.80 Å². The lowest BCUT2D eigenvalue weighted by Crippen LogP contribution is -2.41. The van der Waals surface area contributed by atoms with Crippen LogP contribution in [-0.2, 0) is 4.79 Å². The van der Waals surface area contributed by atoms with E-state index in [0.717, 1.165) is 0 Å². The largest absolute Gasteiger partial charge is 0.342 e. The van der Waals surface area contributed by atoms with E-state index in [9.17, 15) is 14.0 Å². The molecule has 0 radical (unpaired) electrons. The summed E-state index contributed by atoms with van der Waals surface area (Å²) in [5, 5.41) is 0. The Morgan fingerprint density at radius 1 is 1.25 bits per heavy atom. The zero-order chi connectivity index (χ0) is 15.3. The van der Waals surface area contributed by atoms with Gasteiger partial charge >= 0.3 is 0 Å². The number of nitrogens with zero attached hydrogens (tertiary/aromatic N) is 2. The first-order valence-corrected chi connectivity index (χ1v) is 7.18. The first kappa shape index (κ1) is 16.6. The van der Waals surface area contributed by atoms with Crippen molar-refractivity contribution in [3.05, 3.63) is 34.1 Å². The SMILES string of the molecule is CCN(CC)C(=O)CN(C)C(=O)c1ccc(F)c(Br)c1. The summed E-state index contributed by atoms with van der Waals surface area (Å²) in [7, 11) is 1.56. The van der Waals surface area contributed by atoms with Gasteiger partial charge in [0.15, 0.2) is 0 Å². The van der Waals surface area contributed by atoms with E-state index in [-0.39, 0.29) is 22.8 Å². The fourth-order valence-corrected chi connectivity index (χ4v) is 2.18. The molecular weight excluding hydrogens is 327 g/mol. The molecule has 1 aromatic carbocycles. The highest BCUT2D eigenvalue weighted by Crippen LogP contribution is 2.17. The summed E-state index contributed by atoms with van der Waals surface area (Å²) < 4.78 is 13.4. The van der Waals surface area contributed by atoms with Crippen molar-refractivity contribution in [3.8, 4) is 0 Å². The zero-order valence-electron chi connectivity index (χ0n) is 11.8. The van der Waals surface area contributed by atoms with E-state index in [2.05, 4.69) is 15.9 Å². The van der Waals surface area contributed by atoms with E-state index in [0.29, 0.717) is 18.7 Å². The maximum Gasteiger partial charge on any atom is 0.254 e. The van der Waals surface area contributed by atoms with Gasteiger partial charge < -0.3 is 9.80 Å². The lowest BCUT2D eigenvalue weighted by atomic mass is 10.2. The molecule has 0 fully saturated rings. The van der Waals surface area contributed by atoms with Crippen molar-refractivity contribution in [2.45, 2.75) is 13.8 Å². The van der Waals surface area contributed by atoms with Gasteiger partial charge in [0, 0.05) is 25.7 Å². The van der Waals surface area contributed by atoms with Crippen LogP contribution in [0.15, 0.2) is 22.7 Å². The lowest BCUT2D eigenvalue weighted by molar-refractivity contribution is -0.131. The van der Waals surface area contributed by atoms with Crippen LogP contribution in [0.25, 0.3) is 0 Å². The van der Waals surface area contributed by atoms with E-state index in [1.54, 1.807) is 11.9 Å². The van der Waals surface area contributed by atoms with Crippen molar-refractivity contribution < 1.29 is 14.0 Å². The molecule has 0 spiro atoms. The number of benzene rings is 1. The third kappa shape index (κ3) is 4.03. The number of carbonyl (C=O) groups is 2. The van der Waals surface area contributed by atoms with Gasteiger partial charge in [0.25, 0.3) is 5.91 Å². The Hall–Kier alpha value is -1.43. The summed E-state index contributed by atoms with van der Waals surface area (Å²) in [5.74, 6) is -0.846. The Bertz CT molecular complexity index is 504. The molecule has 0 atom stereocenters. The molecule has 1 rings (SSSR count). The third-order valence-electron chi connectivity index (χ3n) is 3.00. The van der Waals surface area contributed by atoms with E-state index in [1.807, 2.05) is 13.8 Å². The molecule has 20 heavy (non-hydrogen) atoms. The highest BCUT2D eigenvalue weighted by atomic mass is 79.9. The van der Waals surface area contributed by atoms with Gasteiger partial charge in [-0.1, -0.05) is 0 Å². The first-order valence-electron chi connectivity index (χ1n) is 6.39. The standard InChI is InChI=1S/C14H18BrFN2O2/c1-4-18(5-2)13(19)9-17(3)14(20)10-6-7-12(16)11(15)8-10/h6-8H,4-5,9H2,1-3H3. The smallest absolute Gasteiger partial charge is 0.254 e. The van der Waals surface area contributed by atoms with E-state index in [4.69, 9.17) is 0 Å². The molecule has 0 aliphatic heterocycles. The van der Waals surface area contributed by atoms with Crippen LogP contribution in [0.4, 0.5) is 4.39 Å². The summed E-state index contributed by atoms with van der Waals surface area (Å²) in [6.07, 6.45) is 0. The number of halogens is 2. The molecule has 4 nitrogen and oxygen atoms in total. The van der Waals surface area contributed by atoms with Gasteiger partial charge in [-0.15, -0.1) is 0 Å². The number of hydrogen-bond acceptors (Lipinski definition) is 2. The molecule has 6 heteroatoms. The van der Waals surface area contributed by atoms with Gasteiger partial charge in [-0.2, -0.15) is 0 Å². The topological polar surface area (TPSA) is 40.6 Å². The van der Waals surface area contributed by atoms with Crippen molar-refractivity contribution in [2.24, 2.45) is 0 Å². The maximum atomic E-state index is 13.1. The zero-order valence-corrected chi connectivity index (χ0v) is 13.4. The average Bonchev–Trinajstić information content (AvgIpc) is 2.42. The van der Waals surface area contributed by atoms with Gasteiger partial charge in [-0.25, -0.2) is 4.39 Å². The normalized spacial score (nSPS) is 10.2. The van der Waals surface area contributed by atoms with Crippen molar-refractivity contribution in [2.75, 3.05) is 26.7 Å². The van der Waals surface area contributed by atoms with Gasteiger partial charge in [0.2, 0.25) is 5.91 Å². The van der Waals surface area contributed by atoms with E-state index >= 15 is 0 Å². The number of amides is 2. The quantitative estimate of drug-likeness (QED) is 0.823. The van der Waals surface area contributed by atoms with Crippen LogP contribution < -0.4 is 0 Å². The minimum absolute atomic E-state index is 0.00943. The van der Waals surface area contributed by atoms with Crippen LogP contribution in [0, 0.1) is 5.82 Å². The van der Waals surface area contributed by atoms with E-state index in [1.165, 1.54) is 23.1 Å². The van der Waals surface area contributed by atoms with Crippen molar-refractivity contribution in [1.29, 1.82) is 0 Å². The van der Waals surface area contributed by atoms with Crippen LogP contribution in [-0.4, -0.2) is 48.3 Å². The van der Waals surface area contributed by atoms with Gasteiger partial charge in [0.1, 0.15) is 5.82 Å². The van der Waals surface area contributed by atoms with E-state index < -0.39 is 5.82 Å². The number of carbonyl (C=O) groups excluding carboxylic acids is 2. The third-order valence-corrected chi connectivity index (χ3v) is 3.61. The van der Waals surface area contributed by atoms with Crippen LogP contribution in [0.1, 0.15) is 24.2 Å². The summed E-state index contributed by atoms with van der Waals surface area (Å²) in [6, 6.07) is 4.04. The molecule has 1 aromatic rings. The Kier molecular flexibility index (Phi) is 6.13. The molecule has 0 aliphatic rings. The number of rotatable bonds is 5. The molecule has 0 aromatic heterocycles. The predicted molar refractivity (Wildman–Crippen MR) is 79.0 cm³/mol. The molecule has 0 unspecified atom stereocenters. The highest BCUT2D eigenvalue weighted by Gasteiger charge is 2.18. The van der Waals surface area contributed by atoms with Gasteiger partial charge in [0.05, 0.1) is 11.0 Å². The molecule has 0 heterocycles. The monoisotopic (exact) mass is 344 g/mol. The summed E-state index contributed by atoms with van der Waals surface area (Å²) in [4.78, 5) is 27.1. The number of likely N-dealkylation sites (N-methyl/N-ethyl adjacent to an activating group) is 2. The Balaban J connectivity index is 2.76. The molecule has 0 aliphatic carbocycles. The van der Waals surface area contributed by atoms with Crippen molar-refractivity contribution in [3.63, 3.8) is 0 Å². The molecule has 0 N–H and O–H groups in total. The predicted octanol–water partition coefficient (Wildman–Crippen LogP) is 2.53. The fourth-order valence-electron chi connectivity index (χ4n) is 1.80. The summed E-state index contributed by atoms with van der Waals surface area (Å²) in [5.41, 5.74) is 0.341. The average molecular weight is 345 g/mol. The second-order valence-corrected chi connectivity index (χ2v) is 5.21. The summed E-state index contributed by atoms with van der Waals surface area (Å²) >= 11 is 3.04. The van der Waals surface area contributed by atoms with Crippen LogP contribution in [0.2, 0.25) is 0 Å². The Labute approximate surface area is 126 Å². The van der Waals surface area contributed by atoms with Gasteiger partial charge in [-0.05, 0) is 48.0 Å². The summed E-state index contributed by atoms with van der Waals surface area (Å²) in [6.45, 7) is 5.01. The molecule has 2 amide bonds. The van der Waals surface area contributed by atoms with Crippen LogP contribution >= 0.6 is 15.9 Å². The van der Waals surface area contributed by atoms with Crippen LogP contribution in [0.3, 0.4) is 0 Å². The second kappa shape index (κ2) is 7.38. The number of hydrogen-bond donors (Lipinski definition) is 0. The minimum Gasteiger partial charge on any atom is -0.342 e. The Morgan fingerprint density at radius 3 is 2.35 bits per heavy atom. The highest BCUT2D eigenvalue weighted by molar-refractivity contribution is 9.10. The minimum atomic E-state index is -0.427. The van der Waals surface area contributed by atoms with Crippen LogP contribution in [0.5, 0.6) is 0 Å².